The standard InChI is InChI=1S/C21H22O5/c1-20(2)6-5-13-15(25-4)8-11-7-12-9-21(3,24)10-14(22)16(12)18(23)17(11)19(13)26-20/h5-8,23-24H,9-10H2,1-4H3/t21-/m1/s1. The lowest BCUT2D eigenvalue weighted by atomic mass is 9.79. The molecule has 5 heteroatoms. The summed E-state index contributed by atoms with van der Waals surface area (Å²) in [6.07, 6.45) is 4.15. The topological polar surface area (TPSA) is 76.0 Å². The predicted molar refractivity (Wildman–Crippen MR) is 99.2 cm³/mol. The van der Waals surface area contributed by atoms with E-state index in [4.69, 9.17) is 9.47 Å². The molecule has 0 amide bonds. The Morgan fingerprint density at radius 2 is 1.92 bits per heavy atom. The number of rotatable bonds is 1. The number of methoxy groups -OCH3 is 1. The van der Waals surface area contributed by atoms with Gasteiger partial charge in [0.1, 0.15) is 22.8 Å². The van der Waals surface area contributed by atoms with Crippen molar-refractivity contribution in [1.29, 1.82) is 0 Å². The van der Waals surface area contributed by atoms with Gasteiger partial charge in [0.25, 0.3) is 0 Å². The summed E-state index contributed by atoms with van der Waals surface area (Å²) in [6, 6.07) is 3.67. The number of aliphatic hydroxyl groups is 1. The Morgan fingerprint density at radius 1 is 1.19 bits per heavy atom. The lowest BCUT2D eigenvalue weighted by Crippen LogP contribution is -2.35. The van der Waals surface area contributed by atoms with Crippen molar-refractivity contribution in [3.8, 4) is 17.2 Å². The zero-order chi connectivity index (χ0) is 18.9. The second-order valence-corrected chi connectivity index (χ2v) is 7.99. The molecule has 1 atom stereocenters. The second kappa shape index (κ2) is 5.24. The number of phenols is 1. The molecule has 0 unspecified atom stereocenters. The Kier molecular flexibility index (Phi) is 3.41. The SMILES string of the molecule is COc1cc2cc3c(c(O)c2c2c1C=CC(C)(C)O2)C(=O)C[C@](C)(O)C3. The molecule has 2 aliphatic rings. The molecule has 2 N–H and O–H groups in total. The van der Waals surface area contributed by atoms with Gasteiger partial charge in [-0.05, 0) is 56.0 Å². The first-order chi connectivity index (χ1) is 12.1. The maximum atomic E-state index is 12.6. The van der Waals surface area contributed by atoms with E-state index in [0.29, 0.717) is 34.3 Å². The molecule has 0 bridgehead atoms. The number of hydrogen-bond donors (Lipinski definition) is 2. The first kappa shape index (κ1) is 16.9. The molecule has 5 nitrogen and oxygen atoms in total. The van der Waals surface area contributed by atoms with E-state index in [9.17, 15) is 15.0 Å². The summed E-state index contributed by atoms with van der Waals surface area (Å²) >= 11 is 0. The van der Waals surface area contributed by atoms with Crippen LogP contribution in [0.2, 0.25) is 0 Å². The second-order valence-electron chi connectivity index (χ2n) is 7.99. The maximum absolute atomic E-state index is 12.6. The first-order valence-corrected chi connectivity index (χ1v) is 8.65. The number of carbonyl (C=O) groups is 1. The molecular formula is C21H22O5. The Labute approximate surface area is 151 Å². The van der Waals surface area contributed by atoms with E-state index in [0.717, 1.165) is 5.56 Å². The van der Waals surface area contributed by atoms with Crippen LogP contribution in [-0.2, 0) is 6.42 Å². The van der Waals surface area contributed by atoms with E-state index in [1.807, 2.05) is 38.1 Å². The van der Waals surface area contributed by atoms with E-state index >= 15 is 0 Å². The first-order valence-electron chi connectivity index (χ1n) is 8.65. The lowest BCUT2D eigenvalue weighted by molar-refractivity contribution is 0.0409. The van der Waals surface area contributed by atoms with Crippen LogP contribution in [0.4, 0.5) is 0 Å². The number of ketones is 1. The van der Waals surface area contributed by atoms with Crippen molar-refractivity contribution < 1.29 is 24.5 Å². The number of Topliss-reactive ketones (excluding diaryl/α,β-unsaturated/α-hetero) is 1. The van der Waals surface area contributed by atoms with Crippen LogP contribution in [0.1, 0.15) is 48.7 Å². The van der Waals surface area contributed by atoms with Gasteiger partial charge >= 0.3 is 0 Å². The van der Waals surface area contributed by atoms with Gasteiger partial charge in [-0.3, -0.25) is 4.79 Å². The zero-order valence-electron chi connectivity index (χ0n) is 15.3. The van der Waals surface area contributed by atoms with Crippen LogP contribution >= 0.6 is 0 Å². The molecule has 1 aliphatic carbocycles. The number of phenolic OH excluding ortho intramolecular Hbond substituents is 1. The van der Waals surface area contributed by atoms with Crippen molar-refractivity contribution in [2.45, 2.75) is 44.8 Å². The highest BCUT2D eigenvalue weighted by atomic mass is 16.5. The molecule has 2 aromatic rings. The van der Waals surface area contributed by atoms with Gasteiger partial charge in [0.05, 0.1) is 29.2 Å². The minimum Gasteiger partial charge on any atom is -0.506 e. The molecule has 0 saturated heterocycles. The number of ether oxygens (including phenoxy) is 2. The molecule has 0 fully saturated rings. The van der Waals surface area contributed by atoms with Crippen LogP contribution in [0.15, 0.2) is 18.2 Å². The van der Waals surface area contributed by atoms with Gasteiger partial charge in [-0.1, -0.05) is 0 Å². The predicted octanol–water partition coefficient (Wildman–Crippen LogP) is 3.62. The minimum atomic E-state index is -1.11. The number of hydrogen-bond acceptors (Lipinski definition) is 5. The number of fused-ring (bicyclic) bond motifs is 4. The van der Waals surface area contributed by atoms with Crippen LogP contribution in [0.3, 0.4) is 0 Å². The summed E-state index contributed by atoms with van der Waals surface area (Å²) in [5, 5.41) is 22.6. The summed E-state index contributed by atoms with van der Waals surface area (Å²) in [5.41, 5.74) is 0.0208. The zero-order valence-corrected chi connectivity index (χ0v) is 15.3. The highest BCUT2D eigenvalue weighted by Crippen LogP contribution is 2.49. The number of aromatic hydroxyl groups is 1. The molecule has 1 heterocycles. The number of benzene rings is 2. The van der Waals surface area contributed by atoms with Crippen LogP contribution < -0.4 is 9.47 Å². The molecule has 0 spiro atoms. The maximum Gasteiger partial charge on any atom is 0.169 e. The summed E-state index contributed by atoms with van der Waals surface area (Å²) in [5.74, 6) is 0.804. The van der Waals surface area contributed by atoms with E-state index < -0.39 is 11.2 Å². The Balaban J connectivity index is 2.08. The van der Waals surface area contributed by atoms with Crippen LogP contribution in [0, 0.1) is 0 Å². The monoisotopic (exact) mass is 354 g/mol. The van der Waals surface area contributed by atoms with Gasteiger partial charge in [-0.25, -0.2) is 0 Å². The van der Waals surface area contributed by atoms with Crippen molar-refractivity contribution in [2.24, 2.45) is 0 Å². The van der Waals surface area contributed by atoms with Gasteiger partial charge in [0.2, 0.25) is 0 Å². The third-order valence-corrected chi connectivity index (χ3v) is 5.06. The van der Waals surface area contributed by atoms with Crippen molar-refractivity contribution in [2.75, 3.05) is 7.11 Å². The highest BCUT2D eigenvalue weighted by Gasteiger charge is 2.37. The van der Waals surface area contributed by atoms with Crippen molar-refractivity contribution in [3.63, 3.8) is 0 Å². The van der Waals surface area contributed by atoms with Crippen molar-refractivity contribution >= 4 is 22.6 Å². The molecular weight excluding hydrogens is 332 g/mol. The largest absolute Gasteiger partial charge is 0.506 e. The van der Waals surface area contributed by atoms with Gasteiger partial charge < -0.3 is 19.7 Å². The summed E-state index contributed by atoms with van der Waals surface area (Å²) in [6.45, 7) is 5.49. The molecule has 1 aliphatic heterocycles. The average molecular weight is 354 g/mol. The van der Waals surface area contributed by atoms with Gasteiger partial charge in [0.15, 0.2) is 5.78 Å². The van der Waals surface area contributed by atoms with Crippen molar-refractivity contribution in [1.82, 2.24) is 0 Å². The average Bonchev–Trinajstić information content (AvgIpc) is 2.50. The smallest absolute Gasteiger partial charge is 0.169 e. The Hall–Kier alpha value is -2.53. The van der Waals surface area contributed by atoms with E-state index in [-0.39, 0.29) is 23.5 Å². The lowest BCUT2D eigenvalue weighted by Gasteiger charge is -2.32. The molecule has 0 aromatic heterocycles. The van der Waals surface area contributed by atoms with E-state index in [1.165, 1.54) is 0 Å². The highest BCUT2D eigenvalue weighted by molar-refractivity contribution is 6.10. The Morgan fingerprint density at radius 3 is 2.62 bits per heavy atom. The van der Waals surface area contributed by atoms with Crippen LogP contribution in [0.5, 0.6) is 17.2 Å². The fraction of sp³-hybridized carbons (Fsp3) is 0.381. The van der Waals surface area contributed by atoms with Gasteiger partial charge in [0, 0.05) is 12.8 Å². The van der Waals surface area contributed by atoms with Crippen LogP contribution in [-0.4, -0.2) is 34.3 Å². The summed E-state index contributed by atoms with van der Waals surface area (Å²) < 4.78 is 11.6. The van der Waals surface area contributed by atoms with Crippen molar-refractivity contribution in [3.05, 3.63) is 34.9 Å². The fourth-order valence-electron chi connectivity index (χ4n) is 3.94. The van der Waals surface area contributed by atoms with E-state index in [1.54, 1.807) is 14.0 Å². The summed E-state index contributed by atoms with van der Waals surface area (Å²) in [7, 11) is 1.58. The molecule has 136 valence electrons. The van der Waals surface area contributed by atoms with Gasteiger partial charge in [-0.2, -0.15) is 0 Å². The van der Waals surface area contributed by atoms with E-state index in [2.05, 4.69) is 0 Å². The third-order valence-electron chi connectivity index (χ3n) is 5.06. The van der Waals surface area contributed by atoms with Crippen LogP contribution in [0.25, 0.3) is 16.8 Å². The molecule has 2 aromatic carbocycles. The molecule has 0 saturated carbocycles. The molecule has 0 radical (unpaired) electrons. The molecule has 26 heavy (non-hydrogen) atoms. The Bertz CT molecular complexity index is 982. The quantitative estimate of drug-likeness (QED) is 0.818. The van der Waals surface area contributed by atoms with Gasteiger partial charge in [-0.15, -0.1) is 0 Å². The summed E-state index contributed by atoms with van der Waals surface area (Å²) in [4.78, 5) is 12.6. The minimum absolute atomic E-state index is 0.0103. The normalized spacial score (nSPS) is 23.3. The molecule has 4 rings (SSSR count). The fourth-order valence-corrected chi connectivity index (χ4v) is 3.94. The third kappa shape index (κ3) is 2.46. The number of carbonyl (C=O) groups excluding carboxylic acids is 1.